The SMILES string of the molecule is C[N+]1(CCOc2nn3c(c2N)CCC=C3)CCCC1. The molecule has 1 saturated heterocycles. The summed E-state index contributed by atoms with van der Waals surface area (Å²) in [6.07, 6.45) is 8.73. The van der Waals surface area contributed by atoms with E-state index in [9.17, 15) is 0 Å². The molecule has 3 heterocycles. The Morgan fingerprint density at radius 1 is 1.42 bits per heavy atom. The monoisotopic (exact) mass is 263 g/mol. The first-order valence-corrected chi connectivity index (χ1v) is 7.18. The van der Waals surface area contributed by atoms with Crippen molar-refractivity contribution in [3.05, 3.63) is 11.8 Å². The molecule has 0 atom stereocenters. The molecule has 0 aliphatic carbocycles. The van der Waals surface area contributed by atoms with E-state index in [4.69, 9.17) is 10.5 Å². The highest BCUT2D eigenvalue weighted by molar-refractivity contribution is 5.56. The molecule has 0 aromatic carbocycles. The number of allylic oxidation sites excluding steroid dienone is 1. The number of nitrogen functional groups attached to an aromatic ring is 1. The van der Waals surface area contributed by atoms with Crippen molar-refractivity contribution in [3.63, 3.8) is 0 Å². The summed E-state index contributed by atoms with van der Waals surface area (Å²) in [6, 6.07) is 0. The minimum absolute atomic E-state index is 0.604. The molecule has 1 aromatic heterocycles. The molecule has 3 rings (SSSR count). The third-order valence-electron chi connectivity index (χ3n) is 4.33. The Hall–Kier alpha value is -1.49. The van der Waals surface area contributed by atoms with Gasteiger partial charge < -0.3 is 15.0 Å². The summed E-state index contributed by atoms with van der Waals surface area (Å²) in [5, 5.41) is 4.41. The van der Waals surface area contributed by atoms with Gasteiger partial charge in [0.25, 0.3) is 5.88 Å². The number of hydrogen-bond acceptors (Lipinski definition) is 3. The van der Waals surface area contributed by atoms with E-state index >= 15 is 0 Å². The minimum Gasteiger partial charge on any atom is -0.469 e. The summed E-state index contributed by atoms with van der Waals surface area (Å²) in [6.45, 7) is 4.26. The summed E-state index contributed by atoms with van der Waals surface area (Å²) >= 11 is 0. The summed E-state index contributed by atoms with van der Waals surface area (Å²) in [5.74, 6) is 0.604. The Labute approximate surface area is 114 Å². The molecule has 0 unspecified atom stereocenters. The smallest absolute Gasteiger partial charge is 0.257 e. The van der Waals surface area contributed by atoms with Gasteiger partial charge in [-0.2, -0.15) is 0 Å². The first-order chi connectivity index (χ1) is 9.18. The maximum Gasteiger partial charge on any atom is 0.257 e. The zero-order valence-electron chi connectivity index (χ0n) is 11.6. The molecule has 1 aromatic rings. The molecule has 5 nitrogen and oxygen atoms in total. The lowest BCUT2D eigenvalue weighted by Gasteiger charge is -2.28. The number of likely N-dealkylation sites (N-methyl/N-ethyl adjacent to an activating group) is 1. The van der Waals surface area contributed by atoms with Gasteiger partial charge in [0.1, 0.15) is 18.8 Å². The van der Waals surface area contributed by atoms with Crippen LogP contribution in [0.4, 0.5) is 5.69 Å². The van der Waals surface area contributed by atoms with Gasteiger partial charge in [0.2, 0.25) is 0 Å². The van der Waals surface area contributed by atoms with Crippen LogP contribution in [0.5, 0.6) is 5.88 Å². The number of nitrogens with two attached hydrogens (primary N) is 1. The van der Waals surface area contributed by atoms with E-state index in [-0.39, 0.29) is 0 Å². The normalized spacial score (nSPS) is 20.5. The molecule has 2 aliphatic rings. The van der Waals surface area contributed by atoms with Crippen molar-refractivity contribution in [2.24, 2.45) is 0 Å². The second kappa shape index (κ2) is 4.89. The van der Waals surface area contributed by atoms with E-state index in [2.05, 4.69) is 18.2 Å². The fourth-order valence-corrected chi connectivity index (χ4v) is 3.02. The van der Waals surface area contributed by atoms with Gasteiger partial charge in [-0.25, -0.2) is 4.68 Å². The molecule has 0 amide bonds. The quantitative estimate of drug-likeness (QED) is 0.838. The predicted octanol–water partition coefficient (Wildman–Crippen LogP) is 1.50. The molecule has 104 valence electrons. The zero-order valence-corrected chi connectivity index (χ0v) is 11.6. The number of likely N-dealkylation sites (tertiary alicyclic amines) is 1. The topological polar surface area (TPSA) is 53.1 Å². The second-order valence-corrected chi connectivity index (χ2v) is 5.88. The van der Waals surface area contributed by atoms with Crippen molar-refractivity contribution >= 4 is 11.9 Å². The lowest BCUT2D eigenvalue weighted by molar-refractivity contribution is -0.897. The fraction of sp³-hybridized carbons (Fsp3) is 0.643. The Morgan fingerprint density at radius 2 is 2.21 bits per heavy atom. The Balaban J connectivity index is 1.61. The van der Waals surface area contributed by atoms with E-state index in [0.29, 0.717) is 18.2 Å². The van der Waals surface area contributed by atoms with Crippen LogP contribution in [-0.4, -0.2) is 47.6 Å². The Kier molecular flexibility index (Phi) is 3.22. The first-order valence-electron chi connectivity index (χ1n) is 7.18. The summed E-state index contributed by atoms with van der Waals surface area (Å²) < 4.78 is 8.78. The number of rotatable bonds is 4. The van der Waals surface area contributed by atoms with Gasteiger partial charge in [0.05, 0.1) is 25.8 Å². The highest BCUT2D eigenvalue weighted by atomic mass is 16.5. The van der Waals surface area contributed by atoms with E-state index in [1.807, 2.05) is 10.9 Å². The van der Waals surface area contributed by atoms with E-state index in [0.717, 1.165) is 29.6 Å². The largest absolute Gasteiger partial charge is 0.469 e. The molecule has 19 heavy (non-hydrogen) atoms. The number of aromatic nitrogens is 2. The Morgan fingerprint density at radius 3 is 2.95 bits per heavy atom. The summed E-state index contributed by atoms with van der Waals surface area (Å²) in [7, 11) is 2.31. The van der Waals surface area contributed by atoms with Gasteiger partial charge in [-0.15, -0.1) is 5.10 Å². The lowest BCUT2D eigenvalue weighted by atomic mass is 10.2. The van der Waals surface area contributed by atoms with Crippen molar-refractivity contribution in [1.29, 1.82) is 0 Å². The van der Waals surface area contributed by atoms with E-state index < -0.39 is 0 Å². The fourth-order valence-electron chi connectivity index (χ4n) is 3.02. The van der Waals surface area contributed by atoms with Crippen molar-refractivity contribution in [3.8, 4) is 5.88 Å². The maximum atomic E-state index is 6.10. The lowest BCUT2D eigenvalue weighted by Crippen LogP contribution is -2.43. The number of quaternary nitrogens is 1. The third kappa shape index (κ3) is 2.47. The standard InChI is InChI=1S/C14H23N4O/c1-18(8-4-5-9-18)10-11-19-14-13(15)12-6-2-3-7-17(12)16-14/h3,7H,2,4-6,8-11,15H2,1H3/q+1. The van der Waals surface area contributed by atoms with Crippen molar-refractivity contribution in [1.82, 2.24) is 9.78 Å². The van der Waals surface area contributed by atoms with Crippen LogP contribution in [0.15, 0.2) is 6.08 Å². The van der Waals surface area contributed by atoms with Crippen molar-refractivity contribution in [2.75, 3.05) is 39.0 Å². The molecule has 1 fully saturated rings. The molecule has 0 spiro atoms. The third-order valence-corrected chi connectivity index (χ3v) is 4.33. The van der Waals surface area contributed by atoms with Gasteiger partial charge in [0.15, 0.2) is 0 Å². The number of anilines is 1. The van der Waals surface area contributed by atoms with Gasteiger partial charge in [-0.3, -0.25) is 0 Å². The average Bonchev–Trinajstić information content (AvgIpc) is 2.96. The zero-order chi connectivity index (χ0) is 13.3. The molecule has 0 bridgehead atoms. The maximum absolute atomic E-state index is 6.10. The van der Waals surface area contributed by atoms with E-state index in [1.54, 1.807) is 0 Å². The number of ether oxygens (including phenoxy) is 1. The van der Waals surface area contributed by atoms with Crippen LogP contribution in [0.25, 0.3) is 6.20 Å². The average molecular weight is 263 g/mol. The minimum atomic E-state index is 0.604. The Bertz CT molecular complexity index is 486. The second-order valence-electron chi connectivity index (χ2n) is 5.88. The predicted molar refractivity (Wildman–Crippen MR) is 75.8 cm³/mol. The molecule has 0 saturated carbocycles. The van der Waals surface area contributed by atoms with Crippen LogP contribution in [0, 0.1) is 0 Å². The summed E-state index contributed by atoms with van der Waals surface area (Å²) in [5.41, 5.74) is 7.90. The number of fused-ring (bicyclic) bond motifs is 1. The van der Waals surface area contributed by atoms with Crippen LogP contribution in [0.1, 0.15) is 25.0 Å². The van der Waals surface area contributed by atoms with E-state index in [1.165, 1.54) is 25.9 Å². The highest BCUT2D eigenvalue weighted by Crippen LogP contribution is 2.28. The molecule has 2 N–H and O–H groups in total. The van der Waals surface area contributed by atoms with Gasteiger partial charge >= 0.3 is 0 Å². The van der Waals surface area contributed by atoms with Crippen molar-refractivity contribution < 1.29 is 9.22 Å². The van der Waals surface area contributed by atoms with Gasteiger partial charge in [-0.05, 0) is 12.8 Å². The van der Waals surface area contributed by atoms with Crippen LogP contribution in [-0.2, 0) is 6.42 Å². The highest BCUT2D eigenvalue weighted by Gasteiger charge is 2.27. The van der Waals surface area contributed by atoms with Gasteiger partial charge in [0, 0.05) is 19.0 Å². The van der Waals surface area contributed by atoms with Crippen LogP contribution >= 0.6 is 0 Å². The van der Waals surface area contributed by atoms with Crippen LogP contribution < -0.4 is 10.5 Å². The molecular weight excluding hydrogens is 240 g/mol. The van der Waals surface area contributed by atoms with Crippen LogP contribution in [0.2, 0.25) is 0 Å². The summed E-state index contributed by atoms with van der Waals surface area (Å²) in [4.78, 5) is 0. The molecule has 2 aliphatic heterocycles. The first kappa shape index (κ1) is 12.5. The van der Waals surface area contributed by atoms with Gasteiger partial charge in [-0.1, -0.05) is 6.08 Å². The number of hydrogen-bond donors (Lipinski definition) is 1. The molecular formula is C14H23N4O+. The number of nitrogens with zero attached hydrogens (tertiary/aromatic N) is 3. The molecule has 0 radical (unpaired) electrons. The van der Waals surface area contributed by atoms with Crippen molar-refractivity contribution in [2.45, 2.75) is 25.7 Å². The van der Waals surface area contributed by atoms with Crippen LogP contribution in [0.3, 0.4) is 0 Å². The molecule has 5 heteroatoms.